The molecule has 1 saturated heterocycles. The summed E-state index contributed by atoms with van der Waals surface area (Å²) < 4.78 is 32.0. The number of carbonyl (C=O) groups excluding carboxylic acids is 2. The molecular weight excluding hydrogens is 382 g/mol. The number of rotatable bonds is 2. The van der Waals surface area contributed by atoms with Gasteiger partial charge in [-0.15, -0.1) is 0 Å². The Morgan fingerprint density at radius 2 is 1.48 bits per heavy atom. The van der Waals surface area contributed by atoms with Crippen LogP contribution in [-0.4, -0.2) is 47.8 Å². The van der Waals surface area contributed by atoms with Crippen LogP contribution in [0.5, 0.6) is 0 Å². The molecule has 0 aliphatic carbocycles. The van der Waals surface area contributed by atoms with Gasteiger partial charge in [0.25, 0.3) is 11.8 Å². The smallest absolute Gasteiger partial charge is 0.289 e. The molecule has 0 bridgehead atoms. The third-order valence-corrected chi connectivity index (χ3v) is 4.87. The third-order valence-electron chi connectivity index (χ3n) is 4.87. The maximum atomic E-state index is 13.4. The fourth-order valence-corrected chi connectivity index (χ4v) is 3.29. The first-order valence-electron chi connectivity index (χ1n) is 9.00. The molecule has 6 nitrogen and oxygen atoms in total. The van der Waals surface area contributed by atoms with Gasteiger partial charge in [-0.05, 0) is 30.3 Å². The number of benzene rings is 2. The van der Waals surface area contributed by atoms with Gasteiger partial charge in [-0.2, -0.15) is 0 Å². The monoisotopic (exact) mass is 398 g/mol. The summed E-state index contributed by atoms with van der Waals surface area (Å²) in [5.41, 5.74) is 0.0713. The minimum atomic E-state index is -1.09. The number of nitrogens with zero attached hydrogens (tertiary/aromatic N) is 2. The summed E-state index contributed by atoms with van der Waals surface area (Å²) in [6, 6.07) is 10.8. The van der Waals surface area contributed by atoms with E-state index < -0.39 is 23.4 Å². The van der Waals surface area contributed by atoms with Crippen molar-refractivity contribution in [3.05, 3.63) is 81.7 Å². The molecule has 0 spiro atoms. The van der Waals surface area contributed by atoms with Crippen LogP contribution in [0.2, 0.25) is 0 Å². The van der Waals surface area contributed by atoms with Crippen LogP contribution in [0.4, 0.5) is 8.78 Å². The van der Waals surface area contributed by atoms with Crippen molar-refractivity contribution in [2.45, 2.75) is 0 Å². The topological polar surface area (TPSA) is 70.8 Å². The largest absolute Gasteiger partial charge is 0.451 e. The van der Waals surface area contributed by atoms with Crippen molar-refractivity contribution in [1.29, 1.82) is 0 Å². The fourth-order valence-electron chi connectivity index (χ4n) is 3.29. The fraction of sp³-hybridized carbons (Fsp3) is 0.190. The van der Waals surface area contributed by atoms with Gasteiger partial charge in [-0.3, -0.25) is 14.4 Å². The molecule has 0 saturated carbocycles. The van der Waals surface area contributed by atoms with Gasteiger partial charge >= 0.3 is 0 Å². The molecule has 1 fully saturated rings. The van der Waals surface area contributed by atoms with Crippen molar-refractivity contribution in [2.24, 2.45) is 0 Å². The molecule has 29 heavy (non-hydrogen) atoms. The van der Waals surface area contributed by atoms with Crippen molar-refractivity contribution in [1.82, 2.24) is 9.80 Å². The predicted octanol–water partition coefficient (Wildman–Crippen LogP) is 2.67. The van der Waals surface area contributed by atoms with E-state index in [1.807, 2.05) is 0 Å². The number of hydrogen-bond acceptors (Lipinski definition) is 4. The van der Waals surface area contributed by atoms with Crippen molar-refractivity contribution >= 4 is 22.8 Å². The van der Waals surface area contributed by atoms with Gasteiger partial charge in [0.2, 0.25) is 0 Å². The average molecular weight is 398 g/mol. The Bertz CT molecular complexity index is 1170. The number of halogens is 2. The van der Waals surface area contributed by atoms with Crippen LogP contribution in [-0.2, 0) is 0 Å². The Kier molecular flexibility index (Phi) is 4.84. The van der Waals surface area contributed by atoms with E-state index in [9.17, 15) is 23.2 Å². The lowest BCUT2D eigenvalue weighted by Gasteiger charge is -2.34. The first-order chi connectivity index (χ1) is 13.9. The summed E-state index contributed by atoms with van der Waals surface area (Å²) in [7, 11) is 0. The summed E-state index contributed by atoms with van der Waals surface area (Å²) in [5.74, 6) is -3.04. The van der Waals surface area contributed by atoms with E-state index in [-0.39, 0.29) is 42.9 Å². The molecule has 2 heterocycles. The second-order valence-electron chi connectivity index (χ2n) is 6.68. The molecule has 1 aromatic heterocycles. The third kappa shape index (κ3) is 3.61. The maximum Gasteiger partial charge on any atom is 0.289 e. The number of hydrogen-bond donors (Lipinski definition) is 0. The number of fused-ring (bicyclic) bond motifs is 1. The Hall–Kier alpha value is -3.55. The van der Waals surface area contributed by atoms with Crippen LogP contribution < -0.4 is 5.43 Å². The van der Waals surface area contributed by atoms with Crippen LogP contribution in [0, 0.1) is 11.6 Å². The van der Waals surface area contributed by atoms with Crippen molar-refractivity contribution in [2.75, 3.05) is 26.2 Å². The van der Waals surface area contributed by atoms with Gasteiger partial charge in [0.15, 0.2) is 22.8 Å². The molecule has 4 rings (SSSR count). The van der Waals surface area contributed by atoms with Gasteiger partial charge in [0, 0.05) is 37.8 Å². The maximum absolute atomic E-state index is 13.4. The Morgan fingerprint density at radius 3 is 2.17 bits per heavy atom. The average Bonchev–Trinajstić information content (AvgIpc) is 2.75. The molecule has 148 valence electrons. The normalized spacial score (nSPS) is 14.3. The second kappa shape index (κ2) is 7.46. The molecule has 0 unspecified atom stereocenters. The van der Waals surface area contributed by atoms with Gasteiger partial charge in [0.05, 0.1) is 5.39 Å². The van der Waals surface area contributed by atoms with E-state index in [2.05, 4.69) is 0 Å². The molecule has 3 aromatic rings. The van der Waals surface area contributed by atoms with Gasteiger partial charge in [0.1, 0.15) is 5.58 Å². The molecule has 1 aliphatic rings. The quantitative estimate of drug-likeness (QED) is 0.666. The van der Waals surface area contributed by atoms with Crippen LogP contribution in [0.1, 0.15) is 20.9 Å². The summed E-state index contributed by atoms with van der Waals surface area (Å²) in [6.45, 7) is 0.901. The summed E-state index contributed by atoms with van der Waals surface area (Å²) in [4.78, 5) is 40.3. The molecule has 8 heteroatoms. The van der Waals surface area contributed by atoms with E-state index in [4.69, 9.17) is 4.42 Å². The summed E-state index contributed by atoms with van der Waals surface area (Å²) in [5, 5.41) is 0.394. The van der Waals surface area contributed by atoms with E-state index in [1.165, 1.54) is 21.9 Å². The van der Waals surface area contributed by atoms with Gasteiger partial charge in [-0.1, -0.05) is 12.1 Å². The molecule has 0 radical (unpaired) electrons. The Balaban J connectivity index is 1.46. The molecule has 1 aliphatic heterocycles. The highest BCUT2D eigenvalue weighted by Gasteiger charge is 2.27. The van der Waals surface area contributed by atoms with E-state index in [1.54, 1.807) is 24.3 Å². The first kappa shape index (κ1) is 18.8. The van der Waals surface area contributed by atoms with E-state index in [0.29, 0.717) is 11.0 Å². The number of piperazine rings is 1. The molecule has 2 amide bonds. The SMILES string of the molecule is O=C(c1ccc(F)c(F)c1)N1CCN(C(=O)c2cc(=O)c3ccccc3o2)CC1. The molecule has 0 N–H and O–H groups in total. The standard InChI is InChI=1S/C21H16F2N2O4/c22-15-6-5-13(11-16(15)23)20(27)24-7-9-25(10-8-24)21(28)19-12-17(26)14-3-1-2-4-18(14)29-19/h1-6,11-12H,7-10H2. The highest BCUT2D eigenvalue weighted by atomic mass is 19.2. The Labute approximate surface area is 163 Å². The zero-order valence-electron chi connectivity index (χ0n) is 15.2. The van der Waals surface area contributed by atoms with Gasteiger partial charge in [-0.25, -0.2) is 8.78 Å². The van der Waals surface area contributed by atoms with E-state index in [0.717, 1.165) is 12.1 Å². The molecular formula is C21H16F2N2O4. The predicted molar refractivity (Wildman–Crippen MR) is 101 cm³/mol. The van der Waals surface area contributed by atoms with Gasteiger partial charge < -0.3 is 14.2 Å². The van der Waals surface area contributed by atoms with Crippen molar-refractivity contribution < 1.29 is 22.8 Å². The lowest BCUT2D eigenvalue weighted by atomic mass is 10.1. The van der Waals surface area contributed by atoms with Crippen molar-refractivity contribution in [3.63, 3.8) is 0 Å². The minimum absolute atomic E-state index is 0.0456. The zero-order chi connectivity index (χ0) is 20.5. The van der Waals surface area contributed by atoms with Crippen molar-refractivity contribution in [3.8, 4) is 0 Å². The lowest BCUT2D eigenvalue weighted by molar-refractivity contribution is 0.0518. The highest BCUT2D eigenvalue weighted by molar-refractivity contribution is 5.95. The van der Waals surface area contributed by atoms with Crippen LogP contribution in [0.15, 0.2) is 57.7 Å². The number of para-hydroxylation sites is 1. The first-order valence-corrected chi connectivity index (χ1v) is 9.00. The number of amides is 2. The lowest BCUT2D eigenvalue weighted by Crippen LogP contribution is -2.50. The summed E-state index contributed by atoms with van der Waals surface area (Å²) in [6.07, 6.45) is 0. The zero-order valence-corrected chi connectivity index (χ0v) is 15.2. The van der Waals surface area contributed by atoms with Crippen LogP contribution >= 0.6 is 0 Å². The van der Waals surface area contributed by atoms with E-state index >= 15 is 0 Å². The van der Waals surface area contributed by atoms with Crippen LogP contribution in [0.25, 0.3) is 11.0 Å². The summed E-state index contributed by atoms with van der Waals surface area (Å²) >= 11 is 0. The highest BCUT2D eigenvalue weighted by Crippen LogP contribution is 2.16. The second-order valence-corrected chi connectivity index (χ2v) is 6.68. The molecule has 0 atom stereocenters. The van der Waals surface area contributed by atoms with Crippen LogP contribution in [0.3, 0.4) is 0 Å². The minimum Gasteiger partial charge on any atom is -0.451 e. The Morgan fingerprint density at radius 1 is 0.828 bits per heavy atom. The molecule has 2 aromatic carbocycles. The number of carbonyl (C=O) groups is 2.